The van der Waals surface area contributed by atoms with Crippen LogP contribution < -0.4 is 4.74 Å². The Hall–Kier alpha value is -1.97. The first-order valence-electron chi connectivity index (χ1n) is 10.9. The van der Waals surface area contributed by atoms with E-state index in [0.717, 1.165) is 29.5 Å². The maximum absolute atomic E-state index is 14.1. The number of hydrogen-bond donors (Lipinski definition) is 0. The lowest BCUT2D eigenvalue weighted by molar-refractivity contribution is 0.249. The molecule has 2 aromatic rings. The van der Waals surface area contributed by atoms with Gasteiger partial charge < -0.3 is 4.74 Å². The van der Waals surface area contributed by atoms with E-state index in [-0.39, 0.29) is 11.6 Å². The Balaban J connectivity index is 1.49. The molecule has 0 unspecified atom stereocenters. The van der Waals surface area contributed by atoms with Gasteiger partial charge in [0.15, 0.2) is 11.6 Å². The quantitative estimate of drug-likeness (QED) is 0.488. The fourth-order valence-corrected chi connectivity index (χ4v) is 4.23. The van der Waals surface area contributed by atoms with Crippen molar-refractivity contribution >= 4 is 0 Å². The summed E-state index contributed by atoms with van der Waals surface area (Å²) in [5.74, 6) is 1.71. The Morgan fingerprint density at radius 3 is 2.32 bits per heavy atom. The van der Waals surface area contributed by atoms with Crippen LogP contribution in [0.3, 0.4) is 0 Å². The summed E-state index contributed by atoms with van der Waals surface area (Å²) < 4.78 is 19.3. The number of hydrogen-bond acceptors (Lipinski definition) is 3. The van der Waals surface area contributed by atoms with Crippen LogP contribution in [-0.4, -0.2) is 16.8 Å². The molecule has 3 rings (SSSR count). The summed E-state index contributed by atoms with van der Waals surface area (Å²) in [6, 6.07) is 8.92. The highest BCUT2D eigenvalue weighted by molar-refractivity contribution is 5.59. The molecule has 1 aliphatic rings. The van der Waals surface area contributed by atoms with Gasteiger partial charge in [-0.3, -0.25) is 0 Å². The fraction of sp³-hybridized carbons (Fsp3) is 0.583. The molecule has 1 heterocycles. The smallest absolute Gasteiger partial charge is 0.165 e. The van der Waals surface area contributed by atoms with E-state index < -0.39 is 0 Å². The summed E-state index contributed by atoms with van der Waals surface area (Å²) in [7, 11) is 0. The van der Waals surface area contributed by atoms with Crippen molar-refractivity contribution in [1.82, 2.24) is 10.2 Å². The maximum atomic E-state index is 14.1. The Labute approximate surface area is 168 Å². The zero-order valence-corrected chi connectivity index (χ0v) is 17.3. The number of rotatable bonds is 9. The lowest BCUT2D eigenvalue weighted by Crippen LogP contribution is -2.15. The predicted octanol–water partition coefficient (Wildman–Crippen LogP) is 6.61. The Bertz CT molecular complexity index is 724. The molecule has 4 heteroatoms. The minimum atomic E-state index is -0.361. The second-order valence-corrected chi connectivity index (χ2v) is 8.06. The van der Waals surface area contributed by atoms with Gasteiger partial charge in [-0.15, -0.1) is 0 Å². The van der Waals surface area contributed by atoms with Gasteiger partial charge in [0.1, 0.15) is 0 Å². The number of nitrogens with zero attached hydrogens (tertiary/aromatic N) is 2. The highest BCUT2D eigenvalue weighted by atomic mass is 19.1. The standard InChI is InChI=1S/C24H33FN2O/c1-3-5-6-18-7-9-19(10-8-18)11-13-21-14-15-23(27-26-21)20-12-16-24(28-4-2)22(25)17-20/h12,14-19H,3-11,13H2,1-2H3. The van der Waals surface area contributed by atoms with Crippen molar-refractivity contribution in [3.05, 3.63) is 41.8 Å². The van der Waals surface area contributed by atoms with Crippen molar-refractivity contribution < 1.29 is 9.13 Å². The summed E-state index contributed by atoms with van der Waals surface area (Å²) in [5, 5.41) is 8.70. The molecule has 0 saturated heterocycles. The van der Waals surface area contributed by atoms with Gasteiger partial charge in [0.25, 0.3) is 0 Å². The molecule has 1 saturated carbocycles. The molecule has 28 heavy (non-hydrogen) atoms. The summed E-state index contributed by atoms with van der Waals surface area (Å²) in [6.45, 7) is 4.57. The number of unbranched alkanes of at least 4 members (excludes halogenated alkanes) is 1. The molecular weight excluding hydrogens is 351 g/mol. The third-order valence-electron chi connectivity index (χ3n) is 5.99. The van der Waals surface area contributed by atoms with Crippen molar-refractivity contribution in [3.63, 3.8) is 0 Å². The average Bonchev–Trinajstić information content (AvgIpc) is 2.73. The highest BCUT2D eigenvalue weighted by Gasteiger charge is 2.20. The Morgan fingerprint density at radius 1 is 0.964 bits per heavy atom. The average molecular weight is 385 g/mol. The first kappa shape index (κ1) is 20.8. The van der Waals surface area contributed by atoms with E-state index in [1.165, 1.54) is 57.4 Å². The van der Waals surface area contributed by atoms with E-state index in [9.17, 15) is 4.39 Å². The van der Waals surface area contributed by atoms with Crippen LogP contribution >= 0.6 is 0 Å². The molecule has 152 valence electrons. The third kappa shape index (κ3) is 5.76. The monoisotopic (exact) mass is 384 g/mol. The van der Waals surface area contributed by atoms with E-state index >= 15 is 0 Å². The van der Waals surface area contributed by atoms with Gasteiger partial charge in [0.05, 0.1) is 18.0 Å². The number of aryl methyl sites for hydroxylation is 1. The molecule has 0 amide bonds. The van der Waals surface area contributed by atoms with E-state index in [4.69, 9.17) is 4.74 Å². The number of ether oxygens (including phenoxy) is 1. The van der Waals surface area contributed by atoms with Crippen molar-refractivity contribution in [2.24, 2.45) is 11.8 Å². The van der Waals surface area contributed by atoms with Crippen LogP contribution in [0.15, 0.2) is 30.3 Å². The molecule has 1 aromatic heterocycles. The van der Waals surface area contributed by atoms with Gasteiger partial charge in [0.2, 0.25) is 0 Å². The summed E-state index contributed by atoms with van der Waals surface area (Å²) in [5.41, 5.74) is 2.45. The number of aromatic nitrogens is 2. The Kier molecular flexibility index (Phi) is 7.81. The van der Waals surface area contributed by atoms with Crippen LogP contribution in [0.2, 0.25) is 0 Å². The molecule has 0 aliphatic heterocycles. The van der Waals surface area contributed by atoms with E-state index in [2.05, 4.69) is 17.1 Å². The largest absolute Gasteiger partial charge is 0.491 e. The van der Waals surface area contributed by atoms with Crippen LogP contribution in [-0.2, 0) is 6.42 Å². The SMILES string of the molecule is CCCCC1CCC(CCc2ccc(-c3ccc(OCC)c(F)c3)nn2)CC1. The zero-order valence-electron chi connectivity index (χ0n) is 17.3. The van der Waals surface area contributed by atoms with Crippen LogP contribution in [0.4, 0.5) is 4.39 Å². The van der Waals surface area contributed by atoms with E-state index in [1.807, 2.05) is 25.1 Å². The van der Waals surface area contributed by atoms with Crippen molar-refractivity contribution in [2.75, 3.05) is 6.61 Å². The van der Waals surface area contributed by atoms with Gasteiger partial charge in [-0.25, -0.2) is 4.39 Å². The second-order valence-electron chi connectivity index (χ2n) is 8.06. The third-order valence-corrected chi connectivity index (χ3v) is 5.99. The van der Waals surface area contributed by atoms with Gasteiger partial charge >= 0.3 is 0 Å². The molecule has 0 spiro atoms. The van der Waals surface area contributed by atoms with Gasteiger partial charge in [-0.05, 0) is 61.9 Å². The van der Waals surface area contributed by atoms with Crippen molar-refractivity contribution in [1.29, 1.82) is 0 Å². The van der Waals surface area contributed by atoms with Gasteiger partial charge in [-0.1, -0.05) is 51.9 Å². The minimum Gasteiger partial charge on any atom is -0.491 e. The first-order chi connectivity index (χ1) is 13.7. The Morgan fingerprint density at radius 2 is 1.71 bits per heavy atom. The lowest BCUT2D eigenvalue weighted by Gasteiger charge is -2.28. The number of halogens is 1. The molecule has 1 aliphatic carbocycles. The fourth-order valence-electron chi connectivity index (χ4n) is 4.23. The van der Waals surface area contributed by atoms with Crippen LogP contribution in [0, 0.1) is 17.7 Å². The summed E-state index contributed by atoms with van der Waals surface area (Å²) in [6.07, 6.45) is 11.8. The van der Waals surface area contributed by atoms with Crippen LogP contribution in [0.5, 0.6) is 5.75 Å². The molecule has 1 aromatic carbocycles. The van der Waals surface area contributed by atoms with Crippen LogP contribution in [0.1, 0.15) is 70.9 Å². The van der Waals surface area contributed by atoms with Crippen molar-refractivity contribution in [2.45, 2.75) is 71.6 Å². The topological polar surface area (TPSA) is 35.0 Å². The lowest BCUT2D eigenvalue weighted by atomic mass is 9.78. The van der Waals surface area contributed by atoms with Gasteiger partial charge in [-0.2, -0.15) is 10.2 Å². The second kappa shape index (κ2) is 10.5. The molecule has 0 radical (unpaired) electrons. The molecule has 0 bridgehead atoms. The summed E-state index contributed by atoms with van der Waals surface area (Å²) >= 11 is 0. The molecule has 0 N–H and O–H groups in total. The molecular formula is C24H33FN2O. The first-order valence-corrected chi connectivity index (χ1v) is 10.9. The minimum absolute atomic E-state index is 0.278. The van der Waals surface area contributed by atoms with Crippen LogP contribution in [0.25, 0.3) is 11.3 Å². The van der Waals surface area contributed by atoms with Crippen molar-refractivity contribution in [3.8, 4) is 17.0 Å². The summed E-state index contributed by atoms with van der Waals surface area (Å²) in [4.78, 5) is 0. The molecule has 3 nitrogen and oxygen atoms in total. The zero-order chi connectivity index (χ0) is 19.8. The van der Waals surface area contributed by atoms with E-state index in [1.54, 1.807) is 6.07 Å². The maximum Gasteiger partial charge on any atom is 0.165 e. The molecule has 0 atom stereocenters. The van der Waals surface area contributed by atoms with E-state index in [0.29, 0.717) is 12.3 Å². The highest BCUT2D eigenvalue weighted by Crippen LogP contribution is 2.34. The number of benzene rings is 1. The van der Waals surface area contributed by atoms with Gasteiger partial charge in [0, 0.05) is 5.56 Å². The predicted molar refractivity (Wildman–Crippen MR) is 112 cm³/mol. The normalized spacial score (nSPS) is 19.5. The molecule has 1 fully saturated rings.